The third-order valence-electron chi connectivity index (χ3n) is 3.56. The number of nitrogens with zero attached hydrogens (tertiary/aromatic N) is 2. The maximum Gasteiger partial charge on any atom is 0.274 e. The number of benzene rings is 2. The highest BCUT2D eigenvalue weighted by molar-refractivity contribution is 6.03. The van der Waals surface area contributed by atoms with Crippen LogP contribution in [0.4, 0.5) is 31.7 Å². The van der Waals surface area contributed by atoms with Crippen LogP contribution in [0.25, 0.3) is 0 Å². The van der Waals surface area contributed by atoms with Gasteiger partial charge in [-0.2, -0.15) is 0 Å². The Kier molecular flexibility index (Phi) is 5.54. The quantitative estimate of drug-likeness (QED) is 0.624. The first-order valence-corrected chi connectivity index (χ1v) is 8.14. The molecular formula is C19H15F2N5O2. The van der Waals surface area contributed by atoms with E-state index in [2.05, 4.69) is 25.9 Å². The second-order valence-corrected chi connectivity index (χ2v) is 5.73. The zero-order valence-corrected chi connectivity index (χ0v) is 14.7. The molecule has 28 heavy (non-hydrogen) atoms. The molecule has 0 bridgehead atoms. The van der Waals surface area contributed by atoms with Gasteiger partial charge >= 0.3 is 0 Å². The van der Waals surface area contributed by atoms with E-state index in [9.17, 15) is 18.4 Å². The number of para-hydroxylation sites is 1. The molecule has 0 atom stereocenters. The molecule has 0 saturated carbocycles. The zero-order chi connectivity index (χ0) is 20.1. The first-order valence-electron chi connectivity index (χ1n) is 8.14. The highest BCUT2D eigenvalue weighted by Gasteiger charge is 2.13. The molecule has 0 fully saturated rings. The number of rotatable bonds is 5. The van der Waals surface area contributed by atoms with E-state index in [-0.39, 0.29) is 23.1 Å². The summed E-state index contributed by atoms with van der Waals surface area (Å²) in [6.07, 6.45) is 1.10. The molecule has 1 aromatic heterocycles. The predicted molar refractivity (Wildman–Crippen MR) is 100 cm³/mol. The highest BCUT2D eigenvalue weighted by Crippen LogP contribution is 2.22. The molecule has 3 aromatic rings. The highest BCUT2D eigenvalue weighted by atomic mass is 19.1. The van der Waals surface area contributed by atoms with E-state index in [4.69, 9.17) is 0 Å². The van der Waals surface area contributed by atoms with Crippen molar-refractivity contribution in [2.45, 2.75) is 6.92 Å². The van der Waals surface area contributed by atoms with Gasteiger partial charge in [0.1, 0.15) is 35.2 Å². The number of aromatic nitrogens is 2. The average Bonchev–Trinajstić information content (AvgIpc) is 2.65. The van der Waals surface area contributed by atoms with Crippen molar-refractivity contribution in [3.8, 4) is 0 Å². The fourth-order valence-corrected chi connectivity index (χ4v) is 2.37. The van der Waals surface area contributed by atoms with Gasteiger partial charge in [-0.15, -0.1) is 0 Å². The van der Waals surface area contributed by atoms with E-state index in [1.54, 1.807) is 24.3 Å². The lowest BCUT2D eigenvalue weighted by Crippen LogP contribution is -2.15. The van der Waals surface area contributed by atoms with Gasteiger partial charge in [0, 0.05) is 24.4 Å². The van der Waals surface area contributed by atoms with Crippen LogP contribution in [0.1, 0.15) is 17.4 Å². The Bertz CT molecular complexity index is 1020. The molecule has 9 heteroatoms. The minimum atomic E-state index is -0.792. The molecule has 2 aromatic carbocycles. The van der Waals surface area contributed by atoms with Gasteiger partial charge in [-0.05, 0) is 30.3 Å². The topological polar surface area (TPSA) is 96.0 Å². The monoisotopic (exact) mass is 383 g/mol. The third-order valence-corrected chi connectivity index (χ3v) is 3.56. The van der Waals surface area contributed by atoms with Gasteiger partial charge in [0.05, 0.1) is 0 Å². The van der Waals surface area contributed by atoms with Crippen molar-refractivity contribution in [2.24, 2.45) is 0 Å². The van der Waals surface area contributed by atoms with Gasteiger partial charge in [-0.3, -0.25) is 9.59 Å². The fraction of sp³-hybridized carbons (Fsp3) is 0.0526. The van der Waals surface area contributed by atoms with Gasteiger partial charge < -0.3 is 16.0 Å². The zero-order valence-electron chi connectivity index (χ0n) is 14.7. The lowest BCUT2D eigenvalue weighted by Gasteiger charge is -2.10. The Morgan fingerprint density at radius 2 is 1.54 bits per heavy atom. The molecule has 7 nitrogen and oxygen atoms in total. The SMILES string of the molecule is CC(=O)Nc1cccc(NC(=O)c2cc(Nc3c(F)cccc3F)ncn2)c1. The van der Waals surface area contributed by atoms with Crippen molar-refractivity contribution in [1.82, 2.24) is 9.97 Å². The number of nitrogens with one attached hydrogen (secondary N) is 3. The Morgan fingerprint density at radius 3 is 2.21 bits per heavy atom. The summed E-state index contributed by atoms with van der Waals surface area (Å²) in [6, 6.07) is 11.3. The Morgan fingerprint density at radius 1 is 0.893 bits per heavy atom. The maximum absolute atomic E-state index is 13.8. The van der Waals surface area contributed by atoms with Crippen LogP contribution in [-0.2, 0) is 4.79 Å². The lowest BCUT2D eigenvalue weighted by atomic mass is 10.2. The molecule has 1 heterocycles. The number of carbonyl (C=O) groups is 2. The van der Waals surface area contributed by atoms with Crippen LogP contribution in [0.2, 0.25) is 0 Å². The van der Waals surface area contributed by atoms with Gasteiger partial charge in [0.15, 0.2) is 0 Å². The van der Waals surface area contributed by atoms with Gasteiger partial charge in [-0.1, -0.05) is 12.1 Å². The van der Waals surface area contributed by atoms with E-state index in [0.29, 0.717) is 11.4 Å². The molecule has 0 saturated heterocycles. The van der Waals surface area contributed by atoms with Crippen molar-refractivity contribution in [1.29, 1.82) is 0 Å². The van der Waals surface area contributed by atoms with Crippen LogP contribution in [-0.4, -0.2) is 21.8 Å². The molecule has 0 aliphatic rings. The van der Waals surface area contributed by atoms with E-state index in [1.165, 1.54) is 19.1 Å². The molecule has 3 N–H and O–H groups in total. The summed E-state index contributed by atoms with van der Waals surface area (Å²) in [5, 5.41) is 7.74. The Balaban J connectivity index is 1.76. The van der Waals surface area contributed by atoms with Crippen LogP contribution in [0.3, 0.4) is 0 Å². The minimum absolute atomic E-state index is 0.0147. The van der Waals surface area contributed by atoms with Crippen LogP contribution in [0.15, 0.2) is 54.9 Å². The molecule has 0 unspecified atom stereocenters. The standard InChI is InChI=1S/C19H15F2N5O2/c1-11(27)24-12-4-2-5-13(8-12)25-19(28)16-9-17(23-10-22-16)26-18-14(20)6-3-7-15(18)21/h2-10H,1H3,(H,24,27)(H,25,28)(H,22,23,26). The number of hydrogen-bond acceptors (Lipinski definition) is 5. The second kappa shape index (κ2) is 8.21. The molecule has 0 aliphatic carbocycles. The number of hydrogen-bond donors (Lipinski definition) is 3. The van der Waals surface area contributed by atoms with Crippen molar-refractivity contribution >= 4 is 34.7 Å². The smallest absolute Gasteiger partial charge is 0.274 e. The number of anilines is 4. The Hall–Kier alpha value is -3.88. The van der Waals surface area contributed by atoms with E-state index < -0.39 is 17.5 Å². The molecule has 2 amide bonds. The minimum Gasteiger partial charge on any atom is -0.335 e. The van der Waals surface area contributed by atoms with Gasteiger partial charge in [0.2, 0.25) is 5.91 Å². The van der Waals surface area contributed by atoms with Crippen molar-refractivity contribution in [3.63, 3.8) is 0 Å². The number of carbonyl (C=O) groups excluding carboxylic acids is 2. The molecule has 0 aliphatic heterocycles. The summed E-state index contributed by atoms with van der Waals surface area (Å²) < 4.78 is 27.5. The maximum atomic E-state index is 13.8. The first-order chi connectivity index (χ1) is 13.4. The predicted octanol–water partition coefficient (Wildman–Crippen LogP) is 3.71. The molecule has 142 valence electrons. The first kappa shape index (κ1) is 18.9. The number of halogens is 2. The third kappa shape index (κ3) is 4.64. The van der Waals surface area contributed by atoms with Crippen LogP contribution < -0.4 is 16.0 Å². The van der Waals surface area contributed by atoms with Crippen LogP contribution >= 0.6 is 0 Å². The molecule has 3 rings (SSSR count). The van der Waals surface area contributed by atoms with E-state index in [0.717, 1.165) is 18.5 Å². The van der Waals surface area contributed by atoms with Crippen LogP contribution in [0, 0.1) is 11.6 Å². The number of amides is 2. The lowest BCUT2D eigenvalue weighted by molar-refractivity contribution is -0.114. The van der Waals surface area contributed by atoms with Gasteiger partial charge in [-0.25, -0.2) is 18.7 Å². The molecular weight excluding hydrogens is 368 g/mol. The summed E-state index contributed by atoms with van der Waals surface area (Å²) in [5.74, 6) is -2.33. The van der Waals surface area contributed by atoms with E-state index in [1.807, 2.05) is 0 Å². The normalized spacial score (nSPS) is 10.2. The molecule has 0 spiro atoms. The summed E-state index contributed by atoms with van der Waals surface area (Å²) in [6.45, 7) is 1.37. The summed E-state index contributed by atoms with van der Waals surface area (Å²) in [5.41, 5.74) is 0.560. The Labute approximate surface area is 158 Å². The fourth-order valence-electron chi connectivity index (χ4n) is 2.37. The van der Waals surface area contributed by atoms with Crippen molar-refractivity contribution < 1.29 is 18.4 Å². The largest absolute Gasteiger partial charge is 0.335 e. The summed E-state index contributed by atoms with van der Waals surface area (Å²) in [4.78, 5) is 31.3. The van der Waals surface area contributed by atoms with Crippen LogP contribution in [0.5, 0.6) is 0 Å². The van der Waals surface area contributed by atoms with Gasteiger partial charge in [0.25, 0.3) is 5.91 Å². The van der Waals surface area contributed by atoms with E-state index >= 15 is 0 Å². The summed E-state index contributed by atoms with van der Waals surface area (Å²) >= 11 is 0. The molecule has 0 radical (unpaired) electrons. The summed E-state index contributed by atoms with van der Waals surface area (Å²) in [7, 11) is 0. The average molecular weight is 383 g/mol. The van der Waals surface area contributed by atoms with Crippen molar-refractivity contribution in [3.05, 3.63) is 72.2 Å². The second-order valence-electron chi connectivity index (χ2n) is 5.73. The van der Waals surface area contributed by atoms with Crippen molar-refractivity contribution in [2.75, 3.05) is 16.0 Å².